The van der Waals surface area contributed by atoms with Crippen molar-refractivity contribution in [2.24, 2.45) is 11.7 Å². The van der Waals surface area contributed by atoms with Crippen molar-refractivity contribution in [1.82, 2.24) is 14.8 Å². The Morgan fingerprint density at radius 2 is 2.11 bits per heavy atom. The van der Waals surface area contributed by atoms with E-state index in [0.29, 0.717) is 12.0 Å². The normalized spacial score (nSPS) is 22.6. The van der Waals surface area contributed by atoms with Gasteiger partial charge in [-0.15, -0.1) is 0 Å². The molecular formula is C14H19N5. The van der Waals surface area contributed by atoms with Gasteiger partial charge in [0.05, 0.1) is 5.69 Å². The standard InChI is InChI=1S/C14H19N5/c15-8-11-2-1-3-14(11)18-12-4-6-13(7-5-12)19-10-16-9-17-19/h4-7,9-11,14,18H,1-3,8,15H2. The van der Waals surface area contributed by atoms with Gasteiger partial charge in [0.25, 0.3) is 0 Å². The van der Waals surface area contributed by atoms with Crippen LogP contribution in [0.4, 0.5) is 5.69 Å². The third-order valence-electron chi connectivity index (χ3n) is 3.86. The van der Waals surface area contributed by atoms with Crippen molar-refractivity contribution in [2.75, 3.05) is 11.9 Å². The van der Waals surface area contributed by atoms with Crippen molar-refractivity contribution in [3.8, 4) is 5.69 Å². The second-order valence-corrected chi connectivity index (χ2v) is 5.06. The first-order valence-corrected chi connectivity index (χ1v) is 6.78. The number of aromatic nitrogens is 3. The van der Waals surface area contributed by atoms with E-state index in [1.54, 1.807) is 11.0 Å². The third kappa shape index (κ3) is 2.61. The van der Waals surface area contributed by atoms with Crippen LogP contribution in [0.25, 0.3) is 5.69 Å². The molecular weight excluding hydrogens is 238 g/mol. The molecule has 2 aromatic rings. The van der Waals surface area contributed by atoms with Crippen LogP contribution in [0.2, 0.25) is 0 Å². The Bertz CT molecular complexity index is 505. The van der Waals surface area contributed by atoms with Crippen LogP contribution in [0.5, 0.6) is 0 Å². The highest BCUT2D eigenvalue weighted by molar-refractivity contribution is 5.49. The van der Waals surface area contributed by atoms with Crippen molar-refractivity contribution in [3.63, 3.8) is 0 Å². The fourth-order valence-corrected chi connectivity index (χ4v) is 2.77. The van der Waals surface area contributed by atoms with Crippen LogP contribution in [-0.4, -0.2) is 27.4 Å². The van der Waals surface area contributed by atoms with Crippen LogP contribution in [0, 0.1) is 5.92 Å². The zero-order chi connectivity index (χ0) is 13.1. The molecule has 19 heavy (non-hydrogen) atoms. The first kappa shape index (κ1) is 12.2. The van der Waals surface area contributed by atoms with E-state index in [0.717, 1.165) is 17.9 Å². The third-order valence-corrected chi connectivity index (χ3v) is 3.86. The summed E-state index contributed by atoms with van der Waals surface area (Å²) in [6, 6.07) is 8.78. The molecule has 100 valence electrons. The quantitative estimate of drug-likeness (QED) is 0.876. The lowest BCUT2D eigenvalue weighted by molar-refractivity contribution is 0.516. The van der Waals surface area contributed by atoms with E-state index in [1.807, 2.05) is 12.1 Å². The number of hydrogen-bond donors (Lipinski definition) is 2. The Kier molecular flexibility index (Phi) is 3.46. The number of benzene rings is 1. The molecule has 1 aromatic heterocycles. The van der Waals surface area contributed by atoms with Crippen molar-refractivity contribution in [3.05, 3.63) is 36.9 Å². The molecule has 3 N–H and O–H groups in total. The van der Waals surface area contributed by atoms with E-state index in [1.165, 1.54) is 25.6 Å². The fraction of sp³-hybridized carbons (Fsp3) is 0.429. The molecule has 0 radical (unpaired) electrons. The summed E-state index contributed by atoms with van der Waals surface area (Å²) in [5.41, 5.74) is 7.97. The Morgan fingerprint density at radius 3 is 2.79 bits per heavy atom. The van der Waals surface area contributed by atoms with Crippen LogP contribution in [0.3, 0.4) is 0 Å². The molecule has 0 spiro atoms. The fourth-order valence-electron chi connectivity index (χ4n) is 2.77. The molecule has 0 aliphatic heterocycles. The van der Waals surface area contributed by atoms with Crippen molar-refractivity contribution in [2.45, 2.75) is 25.3 Å². The lowest BCUT2D eigenvalue weighted by atomic mass is 10.0. The van der Waals surface area contributed by atoms with E-state index in [4.69, 9.17) is 5.73 Å². The Morgan fingerprint density at radius 1 is 1.26 bits per heavy atom. The summed E-state index contributed by atoms with van der Waals surface area (Å²) < 4.78 is 1.75. The average molecular weight is 257 g/mol. The van der Waals surface area contributed by atoms with Gasteiger partial charge in [-0.2, -0.15) is 5.10 Å². The number of nitrogens with zero attached hydrogens (tertiary/aromatic N) is 3. The SMILES string of the molecule is NCC1CCCC1Nc1ccc(-n2cncn2)cc1. The first-order valence-electron chi connectivity index (χ1n) is 6.78. The molecule has 1 saturated carbocycles. The Hall–Kier alpha value is -1.88. The monoisotopic (exact) mass is 257 g/mol. The minimum absolute atomic E-state index is 0.516. The number of nitrogens with one attached hydrogen (secondary N) is 1. The highest BCUT2D eigenvalue weighted by Crippen LogP contribution is 2.27. The van der Waals surface area contributed by atoms with Gasteiger partial charge < -0.3 is 11.1 Å². The second kappa shape index (κ2) is 5.40. The molecule has 5 heteroatoms. The molecule has 2 unspecified atom stereocenters. The van der Waals surface area contributed by atoms with Crippen molar-refractivity contribution in [1.29, 1.82) is 0 Å². The predicted octanol–water partition coefficient (Wildman–Crippen LogP) is 1.81. The van der Waals surface area contributed by atoms with Crippen molar-refractivity contribution >= 4 is 5.69 Å². The largest absolute Gasteiger partial charge is 0.382 e. The lowest BCUT2D eigenvalue weighted by Crippen LogP contribution is -2.29. The molecule has 1 aliphatic rings. The van der Waals surface area contributed by atoms with Gasteiger partial charge in [0.15, 0.2) is 0 Å². The van der Waals surface area contributed by atoms with Gasteiger partial charge in [-0.3, -0.25) is 0 Å². The summed E-state index contributed by atoms with van der Waals surface area (Å²) in [6.45, 7) is 0.773. The van der Waals surface area contributed by atoms with Crippen LogP contribution in [-0.2, 0) is 0 Å². The summed E-state index contributed by atoms with van der Waals surface area (Å²) in [5.74, 6) is 0.606. The molecule has 1 aliphatic carbocycles. The maximum Gasteiger partial charge on any atom is 0.138 e. The van der Waals surface area contributed by atoms with E-state index >= 15 is 0 Å². The number of hydrogen-bond acceptors (Lipinski definition) is 4. The van der Waals surface area contributed by atoms with Gasteiger partial charge in [0.1, 0.15) is 12.7 Å². The summed E-state index contributed by atoms with van der Waals surface area (Å²) in [6.07, 6.45) is 6.97. The second-order valence-electron chi connectivity index (χ2n) is 5.06. The van der Waals surface area contributed by atoms with Gasteiger partial charge >= 0.3 is 0 Å². The molecule has 0 saturated heterocycles. The molecule has 3 rings (SSSR count). The molecule has 5 nitrogen and oxygen atoms in total. The zero-order valence-corrected chi connectivity index (χ0v) is 10.9. The number of anilines is 1. The summed E-state index contributed by atoms with van der Waals surface area (Å²) in [5, 5.41) is 7.70. The van der Waals surface area contributed by atoms with E-state index in [-0.39, 0.29) is 0 Å². The van der Waals surface area contributed by atoms with Crippen LogP contribution < -0.4 is 11.1 Å². The maximum absolute atomic E-state index is 5.81. The highest BCUT2D eigenvalue weighted by atomic mass is 15.3. The maximum atomic E-state index is 5.81. The van der Waals surface area contributed by atoms with Gasteiger partial charge in [0.2, 0.25) is 0 Å². The summed E-state index contributed by atoms with van der Waals surface area (Å²) in [4.78, 5) is 3.95. The minimum Gasteiger partial charge on any atom is -0.382 e. The van der Waals surface area contributed by atoms with Gasteiger partial charge in [-0.25, -0.2) is 9.67 Å². The van der Waals surface area contributed by atoms with Gasteiger partial charge in [-0.05, 0) is 49.6 Å². The van der Waals surface area contributed by atoms with E-state index in [2.05, 4.69) is 27.5 Å². The number of nitrogens with two attached hydrogens (primary N) is 1. The van der Waals surface area contributed by atoms with E-state index in [9.17, 15) is 0 Å². The van der Waals surface area contributed by atoms with Gasteiger partial charge in [-0.1, -0.05) is 6.42 Å². The molecule has 2 atom stereocenters. The summed E-state index contributed by atoms with van der Waals surface area (Å²) in [7, 11) is 0. The molecule has 0 bridgehead atoms. The highest BCUT2D eigenvalue weighted by Gasteiger charge is 2.25. The van der Waals surface area contributed by atoms with Crippen LogP contribution in [0.1, 0.15) is 19.3 Å². The Labute approximate surface area is 112 Å². The molecule has 1 heterocycles. The van der Waals surface area contributed by atoms with Crippen molar-refractivity contribution < 1.29 is 0 Å². The Balaban J connectivity index is 1.69. The van der Waals surface area contributed by atoms with Crippen LogP contribution in [0.15, 0.2) is 36.9 Å². The van der Waals surface area contributed by atoms with E-state index < -0.39 is 0 Å². The number of rotatable bonds is 4. The minimum atomic E-state index is 0.516. The molecule has 0 amide bonds. The average Bonchev–Trinajstić information content (AvgIpc) is 3.10. The molecule has 1 aromatic carbocycles. The smallest absolute Gasteiger partial charge is 0.138 e. The zero-order valence-electron chi connectivity index (χ0n) is 10.9. The summed E-state index contributed by atoms with van der Waals surface area (Å²) >= 11 is 0. The lowest BCUT2D eigenvalue weighted by Gasteiger charge is -2.20. The van der Waals surface area contributed by atoms with Crippen LogP contribution >= 0.6 is 0 Å². The topological polar surface area (TPSA) is 68.8 Å². The molecule has 1 fully saturated rings. The van der Waals surface area contributed by atoms with Gasteiger partial charge in [0, 0.05) is 11.7 Å². The predicted molar refractivity (Wildman–Crippen MR) is 75.2 cm³/mol. The first-order chi connectivity index (χ1) is 9.36.